The zero-order valence-corrected chi connectivity index (χ0v) is 17.5. The summed E-state index contributed by atoms with van der Waals surface area (Å²) in [6.07, 6.45) is 0. The van der Waals surface area contributed by atoms with E-state index >= 15 is 0 Å². The third-order valence-corrected chi connectivity index (χ3v) is 5.51. The molecule has 2 aromatic rings. The van der Waals surface area contributed by atoms with Crippen molar-refractivity contribution in [3.8, 4) is 0 Å². The van der Waals surface area contributed by atoms with E-state index in [4.69, 9.17) is 5.73 Å². The normalized spacial score (nSPS) is 14.1. The van der Waals surface area contributed by atoms with Crippen molar-refractivity contribution in [2.45, 2.75) is 27.7 Å². The van der Waals surface area contributed by atoms with Crippen molar-refractivity contribution in [3.63, 3.8) is 0 Å². The number of hydrogen-bond acceptors (Lipinski definition) is 6. The van der Waals surface area contributed by atoms with Crippen LogP contribution in [0.1, 0.15) is 32.7 Å². The van der Waals surface area contributed by atoms with Crippen LogP contribution in [0, 0.1) is 27.7 Å². The molecule has 0 unspecified atom stereocenters. The summed E-state index contributed by atoms with van der Waals surface area (Å²) in [4.78, 5) is 28.4. The summed E-state index contributed by atoms with van der Waals surface area (Å²) >= 11 is 0. The molecular formula is C21H28N6O2. The van der Waals surface area contributed by atoms with Crippen LogP contribution in [-0.4, -0.2) is 59.6 Å². The predicted molar refractivity (Wildman–Crippen MR) is 113 cm³/mol. The first-order chi connectivity index (χ1) is 13.8. The van der Waals surface area contributed by atoms with Crippen molar-refractivity contribution < 1.29 is 9.59 Å². The van der Waals surface area contributed by atoms with E-state index in [-0.39, 0.29) is 12.5 Å². The number of rotatable bonds is 5. The Kier molecular flexibility index (Phi) is 6.00. The van der Waals surface area contributed by atoms with Crippen LogP contribution in [0.2, 0.25) is 0 Å². The second-order valence-corrected chi connectivity index (χ2v) is 7.46. The SMILES string of the molecule is Cc1cccc(C)c1NCC(=O)N1CCN(c2nnc(C)c(C)c2C(N)=O)CC1. The average Bonchev–Trinajstić information content (AvgIpc) is 2.69. The molecule has 154 valence electrons. The molecule has 1 fully saturated rings. The Morgan fingerprint density at radius 2 is 1.66 bits per heavy atom. The van der Waals surface area contributed by atoms with Gasteiger partial charge in [-0.2, -0.15) is 5.10 Å². The molecule has 0 saturated carbocycles. The first-order valence-electron chi connectivity index (χ1n) is 9.76. The van der Waals surface area contributed by atoms with Gasteiger partial charge in [-0.3, -0.25) is 9.59 Å². The highest BCUT2D eigenvalue weighted by atomic mass is 16.2. The monoisotopic (exact) mass is 396 g/mol. The number of anilines is 2. The van der Waals surface area contributed by atoms with Crippen LogP contribution < -0.4 is 16.0 Å². The number of aromatic nitrogens is 2. The molecule has 1 aromatic carbocycles. The van der Waals surface area contributed by atoms with E-state index in [9.17, 15) is 9.59 Å². The maximum atomic E-state index is 12.7. The van der Waals surface area contributed by atoms with Crippen molar-refractivity contribution in [3.05, 3.63) is 46.1 Å². The van der Waals surface area contributed by atoms with Gasteiger partial charge in [-0.05, 0) is 44.4 Å². The van der Waals surface area contributed by atoms with Gasteiger partial charge in [-0.1, -0.05) is 18.2 Å². The Morgan fingerprint density at radius 1 is 1.03 bits per heavy atom. The quantitative estimate of drug-likeness (QED) is 0.795. The molecule has 0 aliphatic carbocycles. The molecule has 0 spiro atoms. The van der Waals surface area contributed by atoms with Crippen LogP contribution in [0.25, 0.3) is 0 Å². The number of nitrogens with two attached hydrogens (primary N) is 1. The smallest absolute Gasteiger partial charge is 0.252 e. The summed E-state index contributed by atoms with van der Waals surface area (Å²) in [6, 6.07) is 6.06. The van der Waals surface area contributed by atoms with Crippen molar-refractivity contribution in [1.29, 1.82) is 0 Å². The molecule has 8 heteroatoms. The summed E-state index contributed by atoms with van der Waals surface area (Å²) in [7, 11) is 0. The van der Waals surface area contributed by atoms with Crippen LogP contribution in [0.3, 0.4) is 0 Å². The second-order valence-electron chi connectivity index (χ2n) is 7.46. The fourth-order valence-corrected chi connectivity index (χ4v) is 3.65. The summed E-state index contributed by atoms with van der Waals surface area (Å²) in [5, 5.41) is 11.6. The van der Waals surface area contributed by atoms with Crippen LogP contribution in [0.4, 0.5) is 11.5 Å². The van der Waals surface area contributed by atoms with Gasteiger partial charge in [0.2, 0.25) is 5.91 Å². The number of benzene rings is 1. The lowest BCUT2D eigenvalue weighted by molar-refractivity contribution is -0.129. The highest BCUT2D eigenvalue weighted by Gasteiger charge is 2.26. The fourth-order valence-electron chi connectivity index (χ4n) is 3.65. The maximum Gasteiger partial charge on any atom is 0.252 e. The van der Waals surface area contributed by atoms with Crippen molar-refractivity contribution >= 4 is 23.3 Å². The lowest BCUT2D eigenvalue weighted by Gasteiger charge is -2.36. The summed E-state index contributed by atoms with van der Waals surface area (Å²) in [5.74, 6) is 0.0433. The molecule has 0 radical (unpaired) electrons. The van der Waals surface area contributed by atoms with Gasteiger partial charge in [-0.15, -0.1) is 5.10 Å². The van der Waals surface area contributed by atoms with Gasteiger partial charge in [0.25, 0.3) is 5.91 Å². The van der Waals surface area contributed by atoms with E-state index < -0.39 is 5.91 Å². The molecule has 29 heavy (non-hydrogen) atoms. The number of primary amides is 1. The van der Waals surface area contributed by atoms with Crippen LogP contribution in [0.5, 0.6) is 0 Å². The number of para-hydroxylation sites is 1. The molecule has 1 aromatic heterocycles. The number of carbonyl (C=O) groups excluding carboxylic acids is 2. The van der Waals surface area contributed by atoms with E-state index in [2.05, 4.69) is 15.5 Å². The minimum absolute atomic E-state index is 0.0496. The van der Waals surface area contributed by atoms with E-state index in [0.717, 1.165) is 22.4 Å². The lowest BCUT2D eigenvalue weighted by Crippen LogP contribution is -2.51. The molecule has 2 amide bonds. The van der Waals surface area contributed by atoms with E-state index in [1.54, 1.807) is 6.92 Å². The third kappa shape index (κ3) is 4.31. The minimum Gasteiger partial charge on any atom is -0.376 e. The van der Waals surface area contributed by atoms with Gasteiger partial charge in [0.1, 0.15) is 0 Å². The highest BCUT2D eigenvalue weighted by Crippen LogP contribution is 2.23. The van der Waals surface area contributed by atoms with Gasteiger partial charge in [-0.25, -0.2) is 0 Å². The number of carbonyl (C=O) groups is 2. The number of nitrogens with zero attached hydrogens (tertiary/aromatic N) is 4. The number of aryl methyl sites for hydroxylation is 3. The minimum atomic E-state index is -0.508. The van der Waals surface area contributed by atoms with Crippen LogP contribution in [0.15, 0.2) is 18.2 Å². The van der Waals surface area contributed by atoms with Crippen molar-refractivity contribution in [2.75, 3.05) is 42.9 Å². The molecule has 2 heterocycles. The summed E-state index contributed by atoms with van der Waals surface area (Å²) in [6.45, 7) is 10.2. The van der Waals surface area contributed by atoms with Gasteiger partial charge in [0.05, 0.1) is 17.8 Å². The largest absolute Gasteiger partial charge is 0.376 e. The number of amides is 2. The van der Waals surface area contributed by atoms with Gasteiger partial charge < -0.3 is 20.9 Å². The van der Waals surface area contributed by atoms with Crippen molar-refractivity contribution in [1.82, 2.24) is 15.1 Å². The molecule has 0 atom stereocenters. The Hall–Kier alpha value is -3.16. The van der Waals surface area contributed by atoms with Crippen LogP contribution >= 0.6 is 0 Å². The Bertz CT molecular complexity index is 915. The first kappa shape index (κ1) is 20.6. The molecule has 0 bridgehead atoms. The topological polar surface area (TPSA) is 104 Å². The standard InChI is InChI=1S/C21H28N6O2/c1-13-6-5-7-14(2)19(13)23-12-17(28)26-8-10-27(11-9-26)21-18(20(22)29)15(3)16(4)24-25-21/h5-7,23H,8-12H2,1-4H3,(H2,22,29). The zero-order valence-electron chi connectivity index (χ0n) is 17.5. The fraction of sp³-hybridized carbons (Fsp3) is 0.429. The second kappa shape index (κ2) is 8.46. The third-order valence-electron chi connectivity index (χ3n) is 5.51. The first-order valence-corrected chi connectivity index (χ1v) is 9.76. The van der Waals surface area contributed by atoms with Gasteiger partial charge >= 0.3 is 0 Å². The van der Waals surface area contributed by atoms with Gasteiger partial charge in [0, 0.05) is 31.9 Å². The molecule has 3 N–H and O–H groups in total. The maximum absolute atomic E-state index is 12.7. The molecule has 3 rings (SSSR count). The molecule has 1 aliphatic rings. The Labute approximate surface area is 171 Å². The zero-order chi connectivity index (χ0) is 21.1. The van der Waals surface area contributed by atoms with Gasteiger partial charge in [0.15, 0.2) is 5.82 Å². The van der Waals surface area contributed by atoms with E-state index in [1.807, 2.05) is 48.8 Å². The number of piperazine rings is 1. The molecular weight excluding hydrogens is 368 g/mol. The Balaban J connectivity index is 1.63. The Morgan fingerprint density at radius 3 is 2.24 bits per heavy atom. The summed E-state index contributed by atoms with van der Waals surface area (Å²) in [5.41, 5.74) is 10.7. The lowest BCUT2D eigenvalue weighted by atomic mass is 10.1. The molecule has 1 saturated heterocycles. The summed E-state index contributed by atoms with van der Waals surface area (Å²) < 4.78 is 0. The number of hydrogen-bond donors (Lipinski definition) is 2. The highest BCUT2D eigenvalue weighted by molar-refractivity contribution is 5.99. The average molecular weight is 396 g/mol. The van der Waals surface area contributed by atoms with Crippen molar-refractivity contribution in [2.24, 2.45) is 5.73 Å². The number of nitrogens with one attached hydrogen (secondary N) is 1. The van der Waals surface area contributed by atoms with Crippen LogP contribution in [-0.2, 0) is 4.79 Å². The molecule has 8 nitrogen and oxygen atoms in total. The van der Waals surface area contributed by atoms with E-state index in [0.29, 0.717) is 43.3 Å². The predicted octanol–water partition coefficient (Wildman–Crippen LogP) is 1.57. The molecule has 1 aliphatic heterocycles. The van der Waals surface area contributed by atoms with E-state index in [1.165, 1.54) is 0 Å².